The Balaban J connectivity index is 1.30. The van der Waals surface area contributed by atoms with Gasteiger partial charge in [-0.1, -0.05) is 18.2 Å². The van der Waals surface area contributed by atoms with Crippen LogP contribution in [-0.4, -0.2) is 54.3 Å². The molecule has 4 rings (SSSR count). The van der Waals surface area contributed by atoms with E-state index in [-0.39, 0.29) is 0 Å². The third-order valence-electron chi connectivity index (χ3n) is 5.03. The summed E-state index contributed by atoms with van der Waals surface area (Å²) < 4.78 is 11.2. The molecule has 0 atom stereocenters. The van der Waals surface area contributed by atoms with Gasteiger partial charge in [-0.15, -0.1) is 0 Å². The number of rotatable bonds is 9. The normalized spacial score (nSPS) is 14.2. The largest absolute Gasteiger partial charge is 0.457 e. The first kappa shape index (κ1) is 20.9. The zero-order chi connectivity index (χ0) is 21.3. The van der Waals surface area contributed by atoms with Crippen molar-refractivity contribution in [2.24, 2.45) is 0 Å². The number of morpholine rings is 1. The van der Waals surface area contributed by atoms with Gasteiger partial charge in [0.05, 0.1) is 13.2 Å². The number of anilines is 4. The first-order valence-electron chi connectivity index (χ1n) is 10.5. The van der Waals surface area contributed by atoms with Crippen LogP contribution >= 0.6 is 0 Å². The maximum Gasteiger partial charge on any atom is 0.159 e. The fourth-order valence-corrected chi connectivity index (χ4v) is 3.34. The Labute approximate surface area is 182 Å². The molecule has 8 heteroatoms. The fourth-order valence-electron chi connectivity index (χ4n) is 3.34. The Morgan fingerprint density at radius 2 is 1.65 bits per heavy atom. The number of nitrogens with two attached hydrogens (primary N) is 1. The van der Waals surface area contributed by atoms with Crippen LogP contribution in [0.3, 0.4) is 0 Å². The zero-order valence-corrected chi connectivity index (χ0v) is 17.5. The fraction of sp³-hybridized carbons (Fsp3) is 0.304. The van der Waals surface area contributed by atoms with Gasteiger partial charge in [-0.25, -0.2) is 9.97 Å². The van der Waals surface area contributed by atoms with Gasteiger partial charge in [0, 0.05) is 25.3 Å². The number of nitrogen functional groups attached to an aromatic ring is 1. The molecular formula is C23H28N6O2. The molecule has 1 fully saturated rings. The molecule has 3 aromatic rings. The SMILES string of the molecule is Nc1c(NCCCN2CCOCC2)ncnc1Nc1ccc(Oc2ccccc2)cc1. The lowest BCUT2D eigenvalue weighted by Crippen LogP contribution is -2.37. The van der Waals surface area contributed by atoms with Crippen molar-refractivity contribution >= 4 is 23.0 Å². The summed E-state index contributed by atoms with van der Waals surface area (Å²) in [6, 6.07) is 17.3. The summed E-state index contributed by atoms with van der Waals surface area (Å²) in [5, 5.41) is 6.57. The molecule has 1 aromatic heterocycles. The minimum absolute atomic E-state index is 0.499. The number of hydrogen-bond donors (Lipinski definition) is 3. The van der Waals surface area contributed by atoms with Crippen molar-refractivity contribution < 1.29 is 9.47 Å². The Morgan fingerprint density at radius 1 is 0.935 bits per heavy atom. The maximum absolute atomic E-state index is 6.29. The molecule has 0 radical (unpaired) electrons. The molecule has 0 aliphatic carbocycles. The van der Waals surface area contributed by atoms with E-state index in [9.17, 15) is 0 Å². The van der Waals surface area contributed by atoms with E-state index in [0.717, 1.165) is 63.0 Å². The van der Waals surface area contributed by atoms with Crippen LogP contribution in [0.2, 0.25) is 0 Å². The Bertz CT molecular complexity index is 946. The lowest BCUT2D eigenvalue weighted by molar-refractivity contribution is 0.0378. The van der Waals surface area contributed by atoms with Crippen molar-refractivity contribution in [1.29, 1.82) is 0 Å². The van der Waals surface area contributed by atoms with Crippen molar-refractivity contribution in [1.82, 2.24) is 14.9 Å². The minimum atomic E-state index is 0.499. The molecule has 162 valence electrons. The van der Waals surface area contributed by atoms with Crippen LogP contribution in [0, 0.1) is 0 Å². The monoisotopic (exact) mass is 420 g/mol. The van der Waals surface area contributed by atoms with Gasteiger partial charge in [0.15, 0.2) is 11.6 Å². The molecule has 1 aliphatic rings. The summed E-state index contributed by atoms with van der Waals surface area (Å²) in [4.78, 5) is 11.0. The van der Waals surface area contributed by atoms with Gasteiger partial charge >= 0.3 is 0 Å². The topological polar surface area (TPSA) is 97.6 Å². The van der Waals surface area contributed by atoms with E-state index in [1.165, 1.54) is 6.33 Å². The highest BCUT2D eigenvalue weighted by molar-refractivity contribution is 5.77. The number of nitrogens with one attached hydrogen (secondary N) is 2. The third kappa shape index (κ3) is 6.07. The standard InChI is InChI=1S/C23H28N6O2/c24-21-22(25-11-4-12-29-13-15-30-16-14-29)26-17-27-23(21)28-18-7-9-20(10-8-18)31-19-5-2-1-3-6-19/h1-3,5-10,17H,4,11-16,24H2,(H2,25,26,27,28). The van der Waals surface area contributed by atoms with Crippen molar-refractivity contribution in [2.75, 3.05) is 55.8 Å². The predicted octanol–water partition coefficient (Wildman–Crippen LogP) is 3.73. The van der Waals surface area contributed by atoms with Crippen LogP contribution in [0.1, 0.15) is 6.42 Å². The summed E-state index contributed by atoms with van der Waals surface area (Å²) in [6.07, 6.45) is 2.52. The highest BCUT2D eigenvalue weighted by Gasteiger charge is 2.11. The molecule has 4 N–H and O–H groups in total. The molecule has 8 nitrogen and oxygen atoms in total. The van der Waals surface area contributed by atoms with Gasteiger partial charge in [0.1, 0.15) is 23.5 Å². The molecule has 1 aliphatic heterocycles. The highest BCUT2D eigenvalue weighted by Crippen LogP contribution is 2.28. The Hall–Kier alpha value is -3.36. The van der Waals surface area contributed by atoms with Crippen molar-refractivity contribution in [3.8, 4) is 11.5 Å². The van der Waals surface area contributed by atoms with E-state index >= 15 is 0 Å². The van der Waals surface area contributed by atoms with Crippen LogP contribution in [0.4, 0.5) is 23.0 Å². The third-order valence-corrected chi connectivity index (χ3v) is 5.03. The summed E-state index contributed by atoms with van der Waals surface area (Å²) >= 11 is 0. The second-order valence-electron chi connectivity index (χ2n) is 7.28. The van der Waals surface area contributed by atoms with E-state index in [0.29, 0.717) is 17.3 Å². The first-order chi connectivity index (χ1) is 15.3. The summed E-state index contributed by atoms with van der Waals surface area (Å²) in [5.41, 5.74) is 7.65. The van der Waals surface area contributed by atoms with E-state index in [1.807, 2.05) is 54.6 Å². The van der Waals surface area contributed by atoms with Crippen molar-refractivity contribution in [3.63, 3.8) is 0 Å². The number of ether oxygens (including phenoxy) is 2. The van der Waals surface area contributed by atoms with E-state index in [2.05, 4.69) is 25.5 Å². The number of aromatic nitrogens is 2. The second-order valence-corrected chi connectivity index (χ2v) is 7.28. The molecule has 1 saturated heterocycles. The summed E-state index contributed by atoms with van der Waals surface area (Å²) in [7, 11) is 0. The maximum atomic E-state index is 6.29. The summed E-state index contributed by atoms with van der Waals surface area (Å²) in [6.45, 7) is 5.46. The molecule has 2 aromatic carbocycles. The smallest absolute Gasteiger partial charge is 0.159 e. The van der Waals surface area contributed by atoms with Gasteiger partial charge in [-0.05, 0) is 49.4 Å². The number of para-hydroxylation sites is 1. The zero-order valence-electron chi connectivity index (χ0n) is 17.5. The average Bonchev–Trinajstić information content (AvgIpc) is 2.81. The van der Waals surface area contributed by atoms with Crippen molar-refractivity contribution in [2.45, 2.75) is 6.42 Å². The number of benzene rings is 2. The van der Waals surface area contributed by atoms with Crippen LogP contribution < -0.4 is 21.1 Å². The molecular weight excluding hydrogens is 392 g/mol. The van der Waals surface area contributed by atoms with Crippen molar-refractivity contribution in [3.05, 3.63) is 60.9 Å². The molecule has 0 amide bonds. The molecule has 31 heavy (non-hydrogen) atoms. The van der Waals surface area contributed by atoms with E-state index in [1.54, 1.807) is 0 Å². The van der Waals surface area contributed by atoms with Crippen LogP contribution in [-0.2, 0) is 4.74 Å². The Morgan fingerprint density at radius 3 is 2.42 bits per heavy atom. The number of nitrogens with zero attached hydrogens (tertiary/aromatic N) is 3. The summed E-state index contributed by atoms with van der Waals surface area (Å²) in [5.74, 6) is 2.77. The first-order valence-corrected chi connectivity index (χ1v) is 10.5. The Kier molecular flexibility index (Phi) is 7.15. The minimum Gasteiger partial charge on any atom is -0.457 e. The van der Waals surface area contributed by atoms with Gasteiger partial charge in [0.2, 0.25) is 0 Å². The quantitative estimate of drug-likeness (QED) is 0.451. The van der Waals surface area contributed by atoms with Gasteiger partial charge in [-0.3, -0.25) is 4.90 Å². The van der Waals surface area contributed by atoms with Gasteiger partial charge in [0.25, 0.3) is 0 Å². The van der Waals surface area contributed by atoms with E-state index < -0.39 is 0 Å². The molecule has 0 bridgehead atoms. The molecule has 0 spiro atoms. The average molecular weight is 421 g/mol. The predicted molar refractivity (Wildman–Crippen MR) is 123 cm³/mol. The second kappa shape index (κ2) is 10.6. The molecule has 2 heterocycles. The van der Waals surface area contributed by atoms with E-state index in [4.69, 9.17) is 15.2 Å². The molecule has 0 unspecified atom stereocenters. The van der Waals surface area contributed by atoms with Crippen LogP contribution in [0.15, 0.2) is 60.9 Å². The molecule has 0 saturated carbocycles. The lowest BCUT2D eigenvalue weighted by Gasteiger charge is -2.26. The van der Waals surface area contributed by atoms with Crippen LogP contribution in [0.5, 0.6) is 11.5 Å². The van der Waals surface area contributed by atoms with Gasteiger partial charge < -0.3 is 25.8 Å². The van der Waals surface area contributed by atoms with Gasteiger partial charge in [-0.2, -0.15) is 0 Å². The number of hydrogen-bond acceptors (Lipinski definition) is 8. The lowest BCUT2D eigenvalue weighted by atomic mass is 10.3. The highest BCUT2D eigenvalue weighted by atomic mass is 16.5. The van der Waals surface area contributed by atoms with Crippen LogP contribution in [0.25, 0.3) is 0 Å².